The van der Waals surface area contributed by atoms with Crippen LogP contribution in [0.4, 0.5) is 0 Å². The van der Waals surface area contributed by atoms with Crippen molar-refractivity contribution >= 4 is 0 Å². The second-order valence-corrected chi connectivity index (χ2v) is 14.3. The molecule has 8 aromatic carbocycles. The van der Waals surface area contributed by atoms with Crippen molar-refractivity contribution < 1.29 is 0 Å². The lowest BCUT2D eigenvalue weighted by molar-refractivity contribution is 0.791. The number of hydrogen-bond acceptors (Lipinski definition) is 0. The molecule has 0 amide bonds. The van der Waals surface area contributed by atoms with Crippen LogP contribution in [0.25, 0.3) is 55.6 Å². The predicted octanol–water partition coefficient (Wildman–Crippen LogP) is 12.0. The van der Waals surface area contributed by atoms with Crippen molar-refractivity contribution in [2.45, 2.75) is 10.8 Å². The van der Waals surface area contributed by atoms with E-state index in [1.54, 1.807) is 0 Å². The average Bonchev–Trinajstić information content (AvgIpc) is 3.87. The summed E-state index contributed by atoms with van der Waals surface area (Å²) in [5.41, 5.74) is 23.5. The molecule has 4 aliphatic carbocycles. The van der Waals surface area contributed by atoms with E-state index in [2.05, 4.69) is 182 Å². The van der Waals surface area contributed by atoms with Crippen molar-refractivity contribution in [1.82, 2.24) is 0 Å². The summed E-state index contributed by atoms with van der Waals surface area (Å²) in [5, 5.41) is 0. The van der Waals surface area contributed by atoms with Gasteiger partial charge in [-0.15, -0.1) is 0 Å². The predicted molar refractivity (Wildman–Crippen MR) is 204 cm³/mol. The zero-order valence-electron chi connectivity index (χ0n) is 27.3. The Hall–Kier alpha value is -6.24. The first kappa shape index (κ1) is 26.7. The minimum Gasteiger partial charge on any atom is -0.0619 e. The molecule has 0 unspecified atom stereocenters. The average molecular weight is 631 g/mol. The molecule has 0 aliphatic heterocycles. The summed E-state index contributed by atoms with van der Waals surface area (Å²) < 4.78 is 0. The molecule has 0 nitrogen and oxygen atoms in total. The Kier molecular flexibility index (Phi) is 4.94. The molecule has 0 saturated carbocycles. The summed E-state index contributed by atoms with van der Waals surface area (Å²) in [6.07, 6.45) is 0. The van der Waals surface area contributed by atoms with E-state index in [1.165, 1.54) is 100 Å². The quantitative estimate of drug-likeness (QED) is 0.169. The van der Waals surface area contributed by atoms with Crippen LogP contribution in [-0.4, -0.2) is 0 Å². The van der Waals surface area contributed by atoms with Crippen LogP contribution in [0.5, 0.6) is 0 Å². The molecule has 230 valence electrons. The van der Waals surface area contributed by atoms with Gasteiger partial charge in [0, 0.05) is 0 Å². The van der Waals surface area contributed by atoms with Crippen molar-refractivity contribution in [3.05, 3.63) is 226 Å². The van der Waals surface area contributed by atoms with E-state index in [0.29, 0.717) is 0 Å². The maximum absolute atomic E-state index is 2.55. The summed E-state index contributed by atoms with van der Waals surface area (Å²) >= 11 is 0. The highest BCUT2D eigenvalue weighted by atomic mass is 14.5. The fourth-order valence-corrected chi connectivity index (χ4v) is 10.7. The molecule has 4 aliphatic rings. The van der Waals surface area contributed by atoms with E-state index < -0.39 is 5.41 Å². The summed E-state index contributed by atoms with van der Waals surface area (Å²) in [6, 6.07) is 69.0. The van der Waals surface area contributed by atoms with Gasteiger partial charge in [-0.2, -0.15) is 0 Å². The van der Waals surface area contributed by atoms with Gasteiger partial charge in [0.05, 0.1) is 10.8 Å². The van der Waals surface area contributed by atoms with Crippen LogP contribution in [0, 0.1) is 0 Å². The van der Waals surface area contributed by atoms with Crippen molar-refractivity contribution in [1.29, 1.82) is 0 Å². The van der Waals surface area contributed by atoms with E-state index in [9.17, 15) is 0 Å². The molecule has 2 spiro atoms. The standard InChI is InChI=1S/C50H30/c1-7-22-41-33(14-1)34-15-2-8-23-42(34)49(41)43-24-9-3-18-37(43)39-29-28-31(30-47(39)49)32-20-13-21-40-38-19-6-12-27-46(38)50(48(32)40)44-25-10-4-16-35(44)36-17-5-11-26-45(36)50/h1-30H. The number of rotatable bonds is 1. The minimum absolute atomic E-state index is 0.375. The highest BCUT2D eigenvalue weighted by molar-refractivity contribution is 6.00. The maximum atomic E-state index is 2.55. The normalized spacial score (nSPS) is 15.1. The molecule has 0 atom stereocenters. The summed E-state index contributed by atoms with van der Waals surface area (Å²) in [6.45, 7) is 0. The molecule has 0 radical (unpaired) electrons. The number of fused-ring (bicyclic) bond motifs is 20. The lowest BCUT2D eigenvalue weighted by Crippen LogP contribution is -2.27. The highest BCUT2D eigenvalue weighted by Crippen LogP contribution is 2.66. The first-order chi connectivity index (χ1) is 24.8. The van der Waals surface area contributed by atoms with E-state index in [-0.39, 0.29) is 5.41 Å². The Morgan fingerprint density at radius 2 is 0.540 bits per heavy atom. The topological polar surface area (TPSA) is 0 Å². The zero-order chi connectivity index (χ0) is 32.6. The monoisotopic (exact) mass is 630 g/mol. The van der Waals surface area contributed by atoms with E-state index in [0.717, 1.165) is 0 Å². The SMILES string of the molecule is c1ccc2c(c1)-c1ccccc1C21c2ccccc2-c2ccc(-c3cccc4c3C3(c5ccccc5-c5ccccc53)c3ccccc3-4)cc21. The van der Waals surface area contributed by atoms with Gasteiger partial charge < -0.3 is 0 Å². The molecule has 0 heterocycles. The third-order valence-corrected chi connectivity index (χ3v) is 12.3. The second kappa shape index (κ2) is 9.26. The van der Waals surface area contributed by atoms with Crippen LogP contribution in [0.15, 0.2) is 182 Å². The molecule has 0 N–H and O–H groups in total. The molecule has 0 heteroatoms. The summed E-state index contributed by atoms with van der Waals surface area (Å²) in [4.78, 5) is 0. The van der Waals surface area contributed by atoms with Gasteiger partial charge in [0.25, 0.3) is 0 Å². The van der Waals surface area contributed by atoms with Gasteiger partial charge >= 0.3 is 0 Å². The minimum atomic E-state index is -0.401. The molecule has 0 aromatic heterocycles. The Balaban J connectivity index is 1.19. The molecule has 8 aromatic rings. The number of hydrogen-bond donors (Lipinski definition) is 0. The third kappa shape index (κ3) is 2.90. The van der Waals surface area contributed by atoms with Crippen LogP contribution in [0.2, 0.25) is 0 Å². The lowest BCUT2D eigenvalue weighted by Gasteiger charge is -2.33. The molecule has 0 fully saturated rings. The first-order valence-electron chi connectivity index (χ1n) is 17.7. The number of benzene rings is 8. The lowest BCUT2D eigenvalue weighted by atomic mass is 9.68. The van der Waals surface area contributed by atoms with Crippen LogP contribution in [0.3, 0.4) is 0 Å². The van der Waals surface area contributed by atoms with E-state index in [4.69, 9.17) is 0 Å². The van der Waals surface area contributed by atoms with E-state index in [1.807, 2.05) is 0 Å². The van der Waals surface area contributed by atoms with Gasteiger partial charge in [-0.1, -0.05) is 176 Å². The van der Waals surface area contributed by atoms with Gasteiger partial charge in [-0.05, 0) is 106 Å². The Morgan fingerprint density at radius 3 is 0.980 bits per heavy atom. The van der Waals surface area contributed by atoms with E-state index >= 15 is 0 Å². The third-order valence-electron chi connectivity index (χ3n) is 12.3. The van der Waals surface area contributed by atoms with Gasteiger partial charge in [-0.3, -0.25) is 0 Å². The van der Waals surface area contributed by atoms with Crippen molar-refractivity contribution in [2.24, 2.45) is 0 Å². The second-order valence-electron chi connectivity index (χ2n) is 14.3. The molecule has 0 bridgehead atoms. The van der Waals surface area contributed by atoms with Crippen LogP contribution < -0.4 is 0 Å². The molecular weight excluding hydrogens is 601 g/mol. The molecular formula is C50H30. The summed E-state index contributed by atoms with van der Waals surface area (Å²) in [7, 11) is 0. The van der Waals surface area contributed by atoms with Gasteiger partial charge in [0.15, 0.2) is 0 Å². The fraction of sp³-hybridized carbons (Fsp3) is 0.0400. The zero-order valence-corrected chi connectivity index (χ0v) is 27.3. The van der Waals surface area contributed by atoms with Gasteiger partial charge in [0.2, 0.25) is 0 Å². The van der Waals surface area contributed by atoms with Gasteiger partial charge in [-0.25, -0.2) is 0 Å². The van der Waals surface area contributed by atoms with Crippen LogP contribution >= 0.6 is 0 Å². The molecule has 50 heavy (non-hydrogen) atoms. The maximum Gasteiger partial charge on any atom is 0.0731 e. The smallest absolute Gasteiger partial charge is 0.0619 e. The van der Waals surface area contributed by atoms with Crippen molar-refractivity contribution in [2.75, 3.05) is 0 Å². The Bertz CT molecular complexity index is 2650. The van der Waals surface area contributed by atoms with Crippen molar-refractivity contribution in [3.8, 4) is 55.6 Å². The fourth-order valence-electron chi connectivity index (χ4n) is 10.7. The molecule has 0 saturated heterocycles. The van der Waals surface area contributed by atoms with Gasteiger partial charge in [0.1, 0.15) is 0 Å². The largest absolute Gasteiger partial charge is 0.0731 e. The highest BCUT2D eigenvalue weighted by Gasteiger charge is 2.54. The first-order valence-corrected chi connectivity index (χ1v) is 17.7. The summed E-state index contributed by atoms with van der Waals surface area (Å²) in [5.74, 6) is 0. The van der Waals surface area contributed by atoms with Crippen molar-refractivity contribution in [3.63, 3.8) is 0 Å². The van der Waals surface area contributed by atoms with Crippen LogP contribution in [0.1, 0.15) is 44.5 Å². The Labute approximate surface area is 292 Å². The van der Waals surface area contributed by atoms with Crippen LogP contribution in [-0.2, 0) is 10.8 Å². The Morgan fingerprint density at radius 1 is 0.220 bits per heavy atom. The molecule has 12 rings (SSSR count).